The summed E-state index contributed by atoms with van der Waals surface area (Å²) in [5, 5.41) is 12.7. The molecule has 0 spiro atoms. The lowest BCUT2D eigenvalue weighted by atomic mass is 10.2. The Kier molecular flexibility index (Phi) is 6.34. The predicted molar refractivity (Wildman–Crippen MR) is 122 cm³/mol. The molecule has 0 aliphatic carbocycles. The van der Waals surface area contributed by atoms with Gasteiger partial charge in [-0.15, -0.1) is 21.5 Å². The highest BCUT2D eigenvalue weighted by Crippen LogP contribution is 2.34. The molecule has 4 rings (SSSR count). The van der Waals surface area contributed by atoms with Crippen LogP contribution in [0.1, 0.15) is 11.3 Å². The number of thiazole rings is 1. The standard InChI is InChI=1S/C22H18FN5OS2/c1-13-5-6-16(10-17(13)23)26-19(29)12-30-20-8-7-18(27-28-20)21-14(2)25-22(31-21)15-4-3-9-24-11-15/h3-11H,12H2,1-2H3,(H,26,29). The van der Waals surface area contributed by atoms with Gasteiger partial charge >= 0.3 is 0 Å². The van der Waals surface area contributed by atoms with E-state index in [0.29, 0.717) is 16.3 Å². The monoisotopic (exact) mass is 451 g/mol. The number of carbonyl (C=O) groups is 1. The summed E-state index contributed by atoms with van der Waals surface area (Å²) in [5.41, 5.74) is 3.53. The molecule has 0 saturated heterocycles. The summed E-state index contributed by atoms with van der Waals surface area (Å²) in [4.78, 5) is 21.8. The van der Waals surface area contributed by atoms with Crippen LogP contribution in [0.2, 0.25) is 0 Å². The van der Waals surface area contributed by atoms with E-state index in [1.807, 2.05) is 31.2 Å². The van der Waals surface area contributed by atoms with Crippen molar-refractivity contribution in [2.75, 3.05) is 11.1 Å². The van der Waals surface area contributed by atoms with Gasteiger partial charge in [0.05, 0.1) is 16.3 Å². The number of benzene rings is 1. The number of anilines is 1. The number of thioether (sulfide) groups is 1. The first-order valence-electron chi connectivity index (χ1n) is 9.40. The topological polar surface area (TPSA) is 80.7 Å². The van der Waals surface area contributed by atoms with Crippen molar-refractivity contribution in [3.63, 3.8) is 0 Å². The summed E-state index contributed by atoms with van der Waals surface area (Å²) in [6.07, 6.45) is 3.51. The minimum Gasteiger partial charge on any atom is -0.325 e. The first-order valence-corrected chi connectivity index (χ1v) is 11.2. The maximum absolute atomic E-state index is 13.6. The van der Waals surface area contributed by atoms with E-state index >= 15 is 0 Å². The summed E-state index contributed by atoms with van der Waals surface area (Å²) < 4.78 is 13.6. The van der Waals surface area contributed by atoms with Crippen molar-refractivity contribution >= 4 is 34.7 Å². The maximum atomic E-state index is 13.6. The molecule has 0 aliphatic heterocycles. The summed E-state index contributed by atoms with van der Waals surface area (Å²) in [5.74, 6) is -0.440. The Morgan fingerprint density at radius 1 is 1.16 bits per heavy atom. The Labute approximate surface area is 187 Å². The van der Waals surface area contributed by atoms with E-state index in [9.17, 15) is 9.18 Å². The Bertz CT molecular complexity index is 1210. The molecule has 6 nitrogen and oxygen atoms in total. The molecule has 9 heteroatoms. The fraction of sp³-hybridized carbons (Fsp3) is 0.136. The van der Waals surface area contributed by atoms with Gasteiger partial charge in [-0.05, 0) is 55.8 Å². The molecule has 0 bridgehead atoms. The van der Waals surface area contributed by atoms with E-state index in [4.69, 9.17) is 0 Å². The quantitative estimate of drug-likeness (QED) is 0.409. The van der Waals surface area contributed by atoms with Crippen LogP contribution in [-0.2, 0) is 4.79 Å². The molecule has 156 valence electrons. The number of aromatic nitrogens is 4. The number of carbonyl (C=O) groups excluding carboxylic acids is 1. The van der Waals surface area contributed by atoms with Crippen LogP contribution in [0.5, 0.6) is 0 Å². The van der Waals surface area contributed by atoms with E-state index in [1.54, 1.807) is 31.5 Å². The second-order valence-corrected chi connectivity index (χ2v) is 8.73. The second kappa shape index (κ2) is 9.32. The van der Waals surface area contributed by atoms with Gasteiger partial charge in [0.1, 0.15) is 21.5 Å². The van der Waals surface area contributed by atoms with Gasteiger partial charge < -0.3 is 5.32 Å². The summed E-state index contributed by atoms with van der Waals surface area (Å²) in [6.45, 7) is 3.61. The fourth-order valence-corrected chi connectivity index (χ4v) is 4.41. The minimum atomic E-state index is -0.350. The average Bonchev–Trinajstić information content (AvgIpc) is 3.17. The molecule has 0 aliphatic rings. The highest BCUT2D eigenvalue weighted by molar-refractivity contribution is 7.99. The van der Waals surface area contributed by atoms with Gasteiger partial charge in [0.25, 0.3) is 0 Å². The van der Waals surface area contributed by atoms with E-state index in [0.717, 1.165) is 26.8 Å². The van der Waals surface area contributed by atoms with Gasteiger partial charge in [-0.1, -0.05) is 17.8 Å². The fourth-order valence-electron chi connectivity index (χ4n) is 2.77. The van der Waals surface area contributed by atoms with Gasteiger partial charge in [-0.3, -0.25) is 9.78 Å². The molecule has 0 atom stereocenters. The number of aryl methyl sites for hydroxylation is 2. The first-order chi connectivity index (χ1) is 15.0. The zero-order valence-corrected chi connectivity index (χ0v) is 18.4. The molecule has 0 fully saturated rings. The highest BCUT2D eigenvalue weighted by atomic mass is 32.2. The Balaban J connectivity index is 1.39. The largest absolute Gasteiger partial charge is 0.325 e. The number of halogens is 1. The molecule has 4 aromatic rings. The smallest absolute Gasteiger partial charge is 0.234 e. The maximum Gasteiger partial charge on any atom is 0.234 e. The lowest BCUT2D eigenvalue weighted by Crippen LogP contribution is -2.14. The van der Waals surface area contributed by atoms with Gasteiger partial charge in [-0.25, -0.2) is 9.37 Å². The number of hydrogen-bond acceptors (Lipinski definition) is 7. The number of nitrogens with zero attached hydrogens (tertiary/aromatic N) is 4. The van der Waals surface area contributed by atoms with E-state index in [2.05, 4.69) is 25.5 Å². The molecule has 0 saturated carbocycles. The highest BCUT2D eigenvalue weighted by Gasteiger charge is 2.13. The van der Waals surface area contributed by atoms with Crippen LogP contribution < -0.4 is 5.32 Å². The third kappa shape index (κ3) is 5.12. The Morgan fingerprint density at radius 3 is 2.74 bits per heavy atom. The van der Waals surface area contributed by atoms with Crippen LogP contribution in [-0.4, -0.2) is 31.8 Å². The number of pyridine rings is 1. The van der Waals surface area contributed by atoms with Crippen LogP contribution >= 0.6 is 23.1 Å². The van der Waals surface area contributed by atoms with E-state index < -0.39 is 0 Å². The SMILES string of the molecule is Cc1ccc(NC(=O)CSc2ccc(-c3sc(-c4cccnc4)nc3C)nn2)cc1F. The molecule has 3 heterocycles. The van der Waals surface area contributed by atoms with Crippen LogP contribution in [0, 0.1) is 19.7 Å². The second-order valence-electron chi connectivity index (χ2n) is 6.73. The summed E-state index contributed by atoms with van der Waals surface area (Å²) in [6, 6.07) is 12.2. The average molecular weight is 452 g/mol. The number of nitrogens with one attached hydrogen (secondary N) is 1. The molecule has 1 aromatic carbocycles. The van der Waals surface area contributed by atoms with Crippen LogP contribution in [0.3, 0.4) is 0 Å². The van der Waals surface area contributed by atoms with Gasteiger partial charge in [0, 0.05) is 23.6 Å². The van der Waals surface area contributed by atoms with Crippen LogP contribution in [0.4, 0.5) is 10.1 Å². The lowest BCUT2D eigenvalue weighted by Gasteiger charge is -2.06. The zero-order chi connectivity index (χ0) is 21.8. The number of amides is 1. The van der Waals surface area contributed by atoms with Crippen molar-refractivity contribution < 1.29 is 9.18 Å². The molecular weight excluding hydrogens is 433 g/mol. The lowest BCUT2D eigenvalue weighted by molar-refractivity contribution is -0.113. The molecular formula is C22H18FN5OS2. The van der Waals surface area contributed by atoms with Crippen molar-refractivity contribution in [1.29, 1.82) is 0 Å². The van der Waals surface area contributed by atoms with Gasteiger partial charge in [0.2, 0.25) is 5.91 Å². The normalized spacial score (nSPS) is 10.8. The van der Waals surface area contributed by atoms with Crippen molar-refractivity contribution in [2.45, 2.75) is 18.9 Å². The van der Waals surface area contributed by atoms with Gasteiger partial charge in [-0.2, -0.15) is 0 Å². The van der Waals surface area contributed by atoms with Crippen molar-refractivity contribution in [1.82, 2.24) is 20.2 Å². The predicted octanol–water partition coefficient (Wildman–Crippen LogP) is 5.15. The van der Waals surface area contributed by atoms with E-state index in [-0.39, 0.29) is 17.5 Å². The van der Waals surface area contributed by atoms with Crippen LogP contribution in [0.15, 0.2) is 59.9 Å². The molecule has 31 heavy (non-hydrogen) atoms. The first kappa shape index (κ1) is 21.1. The molecule has 1 amide bonds. The van der Waals surface area contributed by atoms with Crippen molar-refractivity contribution in [3.8, 4) is 21.1 Å². The van der Waals surface area contributed by atoms with E-state index in [1.165, 1.54) is 29.2 Å². The molecule has 3 aromatic heterocycles. The van der Waals surface area contributed by atoms with Crippen LogP contribution in [0.25, 0.3) is 21.1 Å². The Morgan fingerprint density at radius 2 is 2.03 bits per heavy atom. The van der Waals surface area contributed by atoms with Crippen molar-refractivity contribution in [2.24, 2.45) is 0 Å². The zero-order valence-electron chi connectivity index (χ0n) is 16.8. The summed E-state index contributed by atoms with van der Waals surface area (Å²) in [7, 11) is 0. The van der Waals surface area contributed by atoms with Gasteiger partial charge in [0.15, 0.2) is 0 Å². The number of rotatable bonds is 6. The molecule has 0 radical (unpaired) electrons. The summed E-state index contributed by atoms with van der Waals surface area (Å²) >= 11 is 2.80. The molecule has 0 unspecified atom stereocenters. The third-order valence-corrected chi connectivity index (χ3v) is 6.53. The number of hydrogen-bond donors (Lipinski definition) is 1. The Hall–Kier alpha value is -3.17. The minimum absolute atomic E-state index is 0.147. The van der Waals surface area contributed by atoms with Crippen molar-refractivity contribution in [3.05, 3.63) is 71.9 Å². The third-order valence-electron chi connectivity index (χ3n) is 4.38. The molecule has 1 N–H and O–H groups in total.